The van der Waals surface area contributed by atoms with Crippen LogP contribution in [-0.2, 0) is 0 Å². The summed E-state index contributed by atoms with van der Waals surface area (Å²) in [6.07, 6.45) is 1.94. The fraction of sp³-hybridized carbons (Fsp3) is 0.143. The van der Waals surface area contributed by atoms with E-state index in [4.69, 9.17) is 0 Å². The third-order valence-electron chi connectivity index (χ3n) is 2.70. The van der Waals surface area contributed by atoms with Gasteiger partial charge in [-0.2, -0.15) is 0 Å². The van der Waals surface area contributed by atoms with Crippen LogP contribution >= 0.6 is 0 Å². The van der Waals surface area contributed by atoms with E-state index in [1.807, 2.05) is 0 Å². The van der Waals surface area contributed by atoms with E-state index in [-0.39, 0.29) is 11.3 Å². The van der Waals surface area contributed by atoms with Crippen LogP contribution in [0.4, 0.5) is 5.69 Å². The Morgan fingerprint density at radius 3 is 2.74 bits per heavy atom. The summed E-state index contributed by atoms with van der Waals surface area (Å²) in [4.78, 5) is 15.7. The number of para-hydroxylation sites is 1. The minimum absolute atomic E-state index is 0.135. The highest BCUT2D eigenvalue weighted by atomic mass is 16.3. The molecule has 0 aliphatic carbocycles. The Kier molecular flexibility index (Phi) is 3.77. The van der Waals surface area contributed by atoms with Gasteiger partial charge in [0.1, 0.15) is 5.75 Å². The summed E-state index contributed by atoms with van der Waals surface area (Å²) >= 11 is 0. The van der Waals surface area contributed by atoms with Gasteiger partial charge in [0.05, 0.1) is 17.9 Å². The molecule has 1 aromatic heterocycles. The monoisotopic (exact) mass is 258 g/mol. The van der Waals surface area contributed by atoms with E-state index in [0.717, 1.165) is 0 Å². The van der Waals surface area contributed by atoms with Gasteiger partial charge in [-0.05, 0) is 19.1 Å². The molecule has 2 aromatic rings. The van der Waals surface area contributed by atoms with E-state index in [9.17, 15) is 15.0 Å². The predicted molar refractivity (Wildman–Crippen MR) is 70.9 cm³/mol. The van der Waals surface area contributed by atoms with E-state index in [2.05, 4.69) is 10.3 Å². The van der Waals surface area contributed by atoms with Crippen molar-refractivity contribution in [2.75, 3.05) is 5.32 Å². The van der Waals surface area contributed by atoms with Gasteiger partial charge in [-0.1, -0.05) is 18.2 Å². The van der Waals surface area contributed by atoms with Gasteiger partial charge in [0, 0.05) is 17.4 Å². The molecule has 98 valence electrons. The topological polar surface area (TPSA) is 82.5 Å². The molecule has 0 fully saturated rings. The Hall–Kier alpha value is -2.40. The lowest BCUT2D eigenvalue weighted by Crippen LogP contribution is -2.14. The molecule has 1 unspecified atom stereocenters. The average Bonchev–Trinajstić information content (AvgIpc) is 2.39. The molecular formula is C14H14N2O3. The molecule has 0 bridgehead atoms. The van der Waals surface area contributed by atoms with Crippen LogP contribution in [0.2, 0.25) is 0 Å². The van der Waals surface area contributed by atoms with Crippen LogP contribution in [0.3, 0.4) is 0 Å². The van der Waals surface area contributed by atoms with Crippen LogP contribution in [0.5, 0.6) is 5.75 Å². The molecule has 0 spiro atoms. The number of carbonyl (C=O) groups excluding carboxylic acids is 1. The molecule has 0 saturated heterocycles. The van der Waals surface area contributed by atoms with Crippen LogP contribution in [0.1, 0.15) is 28.9 Å². The second-order valence-electron chi connectivity index (χ2n) is 4.11. The SMILES string of the molecule is CC(O)c1ccccc1NC(=O)c1ccncc1O. The van der Waals surface area contributed by atoms with Crippen molar-refractivity contribution in [3.63, 3.8) is 0 Å². The third-order valence-corrected chi connectivity index (χ3v) is 2.70. The molecule has 19 heavy (non-hydrogen) atoms. The number of benzene rings is 1. The van der Waals surface area contributed by atoms with Crippen molar-refractivity contribution in [2.24, 2.45) is 0 Å². The zero-order valence-electron chi connectivity index (χ0n) is 10.4. The fourth-order valence-electron chi connectivity index (χ4n) is 1.74. The number of hydrogen-bond donors (Lipinski definition) is 3. The molecule has 3 N–H and O–H groups in total. The highest BCUT2D eigenvalue weighted by molar-refractivity contribution is 6.06. The molecule has 1 aromatic carbocycles. The number of aliphatic hydroxyl groups is 1. The molecule has 0 radical (unpaired) electrons. The predicted octanol–water partition coefficient (Wildman–Crippen LogP) is 2.09. The summed E-state index contributed by atoms with van der Waals surface area (Å²) < 4.78 is 0. The molecule has 0 aliphatic heterocycles. The van der Waals surface area contributed by atoms with E-state index in [0.29, 0.717) is 11.3 Å². The molecular weight excluding hydrogens is 244 g/mol. The van der Waals surface area contributed by atoms with Crippen molar-refractivity contribution in [3.8, 4) is 5.75 Å². The van der Waals surface area contributed by atoms with Crippen LogP contribution < -0.4 is 5.32 Å². The maximum Gasteiger partial charge on any atom is 0.259 e. The van der Waals surface area contributed by atoms with Crippen molar-refractivity contribution in [1.82, 2.24) is 4.98 Å². The Labute approximate surface area is 110 Å². The summed E-state index contributed by atoms with van der Waals surface area (Å²) in [6.45, 7) is 1.62. The maximum absolute atomic E-state index is 12.0. The molecule has 0 aliphatic rings. The first-order valence-electron chi connectivity index (χ1n) is 5.81. The van der Waals surface area contributed by atoms with Gasteiger partial charge in [-0.3, -0.25) is 9.78 Å². The quantitative estimate of drug-likeness (QED) is 0.787. The summed E-state index contributed by atoms with van der Waals surface area (Å²) in [5.74, 6) is -0.637. The first-order chi connectivity index (χ1) is 9.09. The van der Waals surface area contributed by atoms with E-state index in [1.54, 1.807) is 31.2 Å². The summed E-state index contributed by atoms with van der Waals surface area (Å²) in [5, 5.41) is 21.9. The Bertz CT molecular complexity index is 597. The van der Waals surface area contributed by atoms with E-state index >= 15 is 0 Å². The first kappa shape index (κ1) is 13.0. The largest absolute Gasteiger partial charge is 0.505 e. The zero-order chi connectivity index (χ0) is 13.8. The van der Waals surface area contributed by atoms with Crippen LogP contribution in [0.15, 0.2) is 42.7 Å². The van der Waals surface area contributed by atoms with Gasteiger partial charge < -0.3 is 15.5 Å². The number of anilines is 1. The highest BCUT2D eigenvalue weighted by Crippen LogP contribution is 2.24. The first-order valence-corrected chi connectivity index (χ1v) is 5.81. The summed E-state index contributed by atoms with van der Waals surface area (Å²) in [6, 6.07) is 8.38. The number of aliphatic hydroxyl groups excluding tert-OH is 1. The molecule has 1 atom stereocenters. The lowest BCUT2D eigenvalue weighted by Gasteiger charge is -2.13. The smallest absolute Gasteiger partial charge is 0.259 e. The summed E-state index contributed by atoms with van der Waals surface area (Å²) in [7, 11) is 0. The molecule has 2 rings (SSSR count). The standard InChI is InChI=1S/C14H14N2O3/c1-9(17)10-4-2-3-5-12(10)16-14(19)11-6-7-15-8-13(11)18/h2-9,17-18H,1H3,(H,16,19). The average molecular weight is 258 g/mol. The van der Waals surface area contributed by atoms with Crippen molar-refractivity contribution >= 4 is 11.6 Å². The molecule has 0 saturated carbocycles. The third kappa shape index (κ3) is 2.89. The lowest BCUT2D eigenvalue weighted by molar-refractivity contribution is 0.102. The number of aromatic hydroxyl groups is 1. The van der Waals surface area contributed by atoms with Gasteiger partial charge in [0.25, 0.3) is 5.91 Å². The molecule has 1 heterocycles. The Balaban J connectivity index is 2.27. The van der Waals surface area contributed by atoms with Crippen molar-refractivity contribution in [2.45, 2.75) is 13.0 Å². The number of nitrogens with one attached hydrogen (secondary N) is 1. The van der Waals surface area contributed by atoms with Crippen LogP contribution in [-0.4, -0.2) is 21.1 Å². The van der Waals surface area contributed by atoms with Crippen LogP contribution in [0.25, 0.3) is 0 Å². The normalized spacial score (nSPS) is 11.9. The van der Waals surface area contributed by atoms with Gasteiger partial charge in [-0.15, -0.1) is 0 Å². The maximum atomic E-state index is 12.0. The van der Waals surface area contributed by atoms with Crippen molar-refractivity contribution in [3.05, 3.63) is 53.9 Å². The number of rotatable bonds is 3. The van der Waals surface area contributed by atoms with E-state index in [1.165, 1.54) is 18.5 Å². The highest BCUT2D eigenvalue weighted by Gasteiger charge is 2.14. The van der Waals surface area contributed by atoms with Crippen molar-refractivity contribution in [1.29, 1.82) is 0 Å². The number of hydrogen-bond acceptors (Lipinski definition) is 4. The minimum Gasteiger partial charge on any atom is -0.505 e. The number of aromatic nitrogens is 1. The molecule has 5 heteroatoms. The van der Waals surface area contributed by atoms with Crippen molar-refractivity contribution < 1.29 is 15.0 Å². The number of carbonyl (C=O) groups is 1. The number of nitrogens with zero attached hydrogens (tertiary/aromatic N) is 1. The van der Waals surface area contributed by atoms with Gasteiger partial charge in [0.15, 0.2) is 0 Å². The number of amides is 1. The van der Waals surface area contributed by atoms with Gasteiger partial charge >= 0.3 is 0 Å². The Morgan fingerprint density at radius 1 is 1.32 bits per heavy atom. The zero-order valence-corrected chi connectivity index (χ0v) is 10.4. The van der Waals surface area contributed by atoms with Gasteiger partial charge in [0.2, 0.25) is 0 Å². The minimum atomic E-state index is -0.692. The lowest BCUT2D eigenvalue weighted by atomic mass is 10.1. The van der Waals surface area contributed by atoms with Crippen LogP contribution in [0, 0.1) is 0 Å². The fourth-order valence-corrected chi connectivity index (χ4v) is 1.74. The molecule has 5 nitrogen and oxygen atoms in total. The Morgan fingerprint density at radius 2 is 2.05 bits per heavy atom. The van der Waals surface area contributed by atoms with Gasteiger partial charge in [-0.25, -0.2) is 0 Å². The molecule has 1 amide bonds. The number of pyridine rings is 1. The summed E-state index contributed by atoms with van der Waals surface area (Å²) in [5.41, 5.74) is 1.26. The second-order valence-corrected chi connectivity index (χ2v) is 4.11. The van der Waals surface area contributed by atoms with E-state index < -0.39 is 12.0 Å². The second kappa shape index (κ2) is 5.49.